The Labute approximate surface area is 167 Å². The van der Waals surface area contributed by atoms with Crippen molar-refractivity contribution in [2.45, 2.75) is 83.0 Å². The van der Waals surface area contributed by atoms with E-state index in [1.165, 1.54) is 0 Å². The van der Waals surface area contributed by atoms with Gasteiger partial charge in [0.05, 0.1) is 17.8 Å². The van der Waals surface area contributed by atoms with Gasteiger partial charge >= 0.3 is 5.97 Å². The quantitative estimate of drug-likeness (QED) is 0.599. The van der Waals surface area contributed by atoms with Crippen molar-refractivity contribution >= 4 is 5.97 Å². The monoisotopic (exact) mass is 390 g/mol. The third kappa shape index (κ3) is 2.27. The summed E-state index contributed by atoms with van der Waals surface area (Å²) in [6, 6.07) is 0. The fraction of sp³-hybridized carbons (Fsp3) is 0.870. The van der Waals surface area contributed by atoms with E-state index < -0.39 is 17.1 Å². The molecule has 3 N–H and O–H groups in total. The third-order valence-electron chi connectivity index (χ3n) is 10.0. The minimum atomic E-state index is -0.906. The summed E-state index contributed by atoms with van der Waals surface area (Å²) in [5.41, 5.74) is -0.507. The first-order valence-electron chi connectivity index (χ1n) is 11.2. The summed E-state index contributed by atoms with van der Waals surface area (Å²) >= 11 is 0. The van der Waals surface area contributed by atoms with Crippen molar-refractivity contribution in [1.29, 1.82) is 0 Å². The first kappa shape index (κ1) is 19.1. The minimum Gasteiger partial charge on any atom is -0.458 e. The first-order valence-corrected chi connectivity index (χ1v) is 11.2. The Morgan fingerprint density at radius 1 is 1.04 bits per heavy atom. The van der Waals surface area contributed by atoms with Gasteiger partial charge in [0.1, 0.15) is 6.61 Å². The van der Waals surface area contributed by atoms with Gasteiger partial charge in [-0.15, -0.1) is 0 Å². The number of ether oxygens (including phenoxy) is 1. The summed E-state index contributed by atoms with van der Waals surface area (Å²) in [4.78, 5) is 11.6. The van der Waals surface area contributed by atoms with Crippen LogP contribution in [0.25, 0.3) is 0 Å². The molecule has 0 aromatic carbocycles. The molecule has 0 bridgehead atoms. The van der Waals surface area contributed by atoms with E-state index in [4.69, 9.17) is 4.74 Å². The fourth-order valence-electron chi connectivity index (χ4n) is 8.37. The van der Waals surface area contributed by atoms with E-state index in [1.807, 2.05) is 6.92 Å². The van der Waals surface area contributed by atoms with Gasteiger partial charge in [-0.2, -0.15) is 0 Å². The molecule has 5 rings (SSSR count). The molecule has 1 aliphatic heterocycles. The van der Waals surface area contributed by atoms with E-state index >= 15 is 0 Å². The Hall–Kier alpha value is -0.910. The lowest BCUT2D eigenvalue weighted by molar-refractivity contribution is -0.244. The number of carbonyl (C=O) groups excluding carboxylic acids is 1. The van der Waals surface area contributed by atoms with E-state index in [1.54, 1.807) is 6.08 Å². The van der Waals surface area contributed by atoms with Crippen molar-refractivity contribution in [3.05, 3.63) is 11.6 Å². The molecular formula is C23H34O5. The lowest BCUT2D eigenvalue weighted by Gasteiger charge is -2.64. The number of aliphatic hydroxyl groups excluding tert-OH is 2. The number of cyclic esters (lactones) is 1. The Morgan fingerprint density at radius 2 is 1.82 bits per heavy atom. The largest absolute Gasteiger partial charge is 0.458 e. The molecule has 0 aromatic rings. The van der Waals surface area contributed by atoms with Crippen LogP contribution in [0.4, 0.5) is 0 Å². The average molecular weight is 391 g/mol. The van der Waals surface area contributed by atoms with Crippen molar-refractivity contribution < 1.29 is 24.9 Å². The third-order valence-corrected chi connectivity index (χ3v) is 10.0. The number of rotatable bonds is 1. The van der Waals surface area contributed by atoms with Crippen LogP contribution in [0.2, 0.25) is 0 Å². The van der Waals surface area contributed by atoms with Gasteiger partial charge in [-0.3, -0.25) is 0 Å². The van der Waals surface area contributed by atoms with Crippen molar-refractivity contribution in [3.8, 4) is 0 Å². The summed E-state index contributed by atoms with van der Waals surface area (Å²) in [6.07, 6.45) is 7.69. The van der Waals surface area contributed by atoms with Gasteiger partial charge in [-0.05, 0) is 86.0 Å². The van der Waals surface area contributed by atoms with Crippen molar-refractivity contribution in [2.24, 2.45) is 34.5 Å². The molecular weight excluding hydrogens is 356 g/mol. The van der Waals surface area contributed by atoms with E-state index in [2.05, 4.69) is 6.92 Å². The summed E-state index contributed by atoms with van der Waals surface area (Å²) in [5.74, 6) is 0.657. The fourth-order valence-corrected chi connectivity index (χ4v) is 8.37. The van der Waals surface area contributed by atoms with Gasteiger partial charge < -0.3 is 20.1 Å². The predicted octanol–water partition coefficient (Wildman–Crippen LogP) is 2.58. The second kappa shape index (κ2) is 6.05. The molecule has 9 atom stereocenters. The highest BCUT2D eigenvalue weighted by atomic mass is 16.5. The van der Waals surface area contributed by atoms with Gasteiger partial charge in [0.2, 0.25) is 0 Å². The molecule has 0 unspecified atom stereocenters. The van der Waals surface area contributed by atoms with Gasteiger partial charge in [0.25, 0.3) is 0 Å². The summed E-state index contributed by atoms with van der Waals surface area (Å²) in [6.45, 7) is 4.69. The maximum Gasteiger partial charge on any atom is 0.331 e. The molecule has 1 heterocycles. The van der Waals surface area contributed by atoms with Crippen LogP contribution in [-0.2, 0) is 9.53 Å². The maximum absolute atomic E-state index is 12.1. The van der Waals surface area contributed by atoms with E-state index in [-0.39, 0.29) is 29.3 Å². The minimum absolute atomic E-state index is 0.00129. The van der Waals surface area contributed by atoms with Crippen LogP contribution < -0.4 is 0 Å². The van der Waals surface area contributed by atoms with E-state index in [0.29, 0.717) is 31.3 Å². The Balaban J connectivity index is 1.51. The molecule has 4 aliphatic carbocycles. The second-order valence-electron chi connectivity index (χ2n) is 10.8. The highest BCUT2D eigenvalue weighted by Crippen LogP contribution is 2.69. The number of carbonyl (C=O) groups is 1. The molecule has 28 heavy (non-hydrogen) atoms. The van der Waals surface area contributed by atoms with Gasteiger partial charge in [-0.25, -0.2) is 4.79 Å². The number of fused-ring (bicyclic) bond motifs is 5. The predicted molar refractivity (Wildman–Crippen MR) is 103 cm³/mol. The van der Waals surface area contributed by atoms with E-state index in [0.717, 1.165) is 44.1 Å². The maximum atomic E-state index is 12.1. The zero-order valence-corrected chi connectivity index (χ0v) is 17.1. The van der Waals surface area contributed by atoms with Gasteiger partial charge in [-0.1, -0.05) is 13.8 Å². The normalized spacial score (nSPS) is 55.8. The Kier molecular flexibility index (Phi) is 4.12. The lowest BCUT2D eigenvalue weighted by atomic mass is 9.42. The molecule has 0 radical (unpaired) electrons. The molecule has 0 saturated heterocycles. The number of esters is 1. The molecule has 4 fully saturated rings. The number of hydrogen-bond acceptors (Lipinski definition) is 5. The smallest absolute Gasteiger partial charge is 0.331 e. The van der Waals surface area contributed by atoms with Crippen LogP contribution in [-0.4, -0.2) is 45.7 Å². The van der Waals surface area contributed by atoms with Crippen molar-refractivity contribution in [1.82, 2.24) is 0 Å². The SMILES string of the molecule is C[C@]12CC[C@H](O)C[C@@H]1CC[C@H]1[C@H]2C[C@@H](O)[C@@]2(C)[C@H](C3=CC(=O)OC3)CC[C@]12O. The summed E-state index contributed by atoms with van der Waals surface area (Å²) in [5, 5.41) is 33.7. The molecule has 0 aromatic heterocycles. The van der Waals surface area contributed by atoms with Gasteiger partial charge in [0, 0.05) is 11.5 Å². The Morgan fingerprint density at radius 3 is 2.54 bits per heavy atom. The number of aliphatic hydroxyl groups is 3. The van der Waals surface area contributed by atoms with Crippen LogP contribution in [0.3, 0.4) is 0 Å². The topological polar surface area (TPSA) is 87.0 Å². The van der Waals surface area contributed by atoms with Gasteiger partial charge in [0.15, 0.2) is 0 Å². The van der Waals surface area contributed by atoms with Crippen molar-refractivity contribution in [3.63, 3.8) is 0 Å². The van der Waals surface area contributed by atoms with Crippen LogP contribution in [0.1, 0.15) is 65.2 Å². The van der Waals surface area contributed by atoms with Crippen molar-refractivity contribution in [2.75, 3.05) is 6.61 Å². The average Bonchev–Trinajstić information content (AvgIpc) is 3.19. The zero-order chi connectivity index (χ0) is 19.9. The Bertz CT molecular complexity index is 718. The highest BCUT2D eigenvalue weighted by molar-refractivity contribution is 5.85. The highest BCUT2D eigenvalue weighted by Gasteiger charge is 2.70. The summed E-state index contributed by atoms with van der Waals surface area (Å²) in [7, 11) is 0. The van der Waals surface area contributed by atoms with Crippen LogP contribution >= 0.6 is 0 Å². The van der Waals surface area contributed by atoms with Crippen LogP contribution in [0.5, 0.6) is 0 Å². The first-order chi connectivity index (χ1) is 13.2. The lowest BCUT2D eigenvalue weighted by Crippen LogP contribution is -2.67. The van der Waals surface area contributed by atoms with E-state index in [9.17, 15) is 20.1 Å². The van der Waals surface area contributed by atoms with Crippen LogP contribution in [0, 0.1) is 34.5 Å². The van der Waals surface area contributed by atoms with Crippen LogP contribution in [0.15, 0.2) is 11.6 Å². The molecule has 0 amide bonds. The molecule has 0 spiro atoms. The molecule has 156 valence electrons. The molecule has 5 aliphatic rings. The zero-order valence-electron chi connectivity index (χ0n) is 17.1. The number of hydrogen-bond donors (Lipinski definition) is 3. The summed E-state index contributed by atoms with van der Waals surface area (Å²) < 4.78 is 5.16. The molecule has 5 heteroatoms. The molecule has 4 saturated carbocycles. The molecule has 5 nitrogen and oxygen atoms in total. The standard InChI is InChI=1S/C23H34O5/c1-21-7-5-15(24)10-14(21)3-4-17-18(21)11-19(25)22(2)16(6-8-23(17,22)27)13-9-20(26)28-12-13/h9,14-19,24-25,27H,3-8,10-12H2,1-2H3/t14-,15-,16-,17-,18+,19+,21-,22+,23-/m0/s1. The second-order valence-corrected chi connectivity index (χ2v) is 10.8.